The Morgan fingerprint density at radius 3 is 3.06 bits per heavy atom. The molecule has 1 aromatic rings. The summed E-state index contributed by atoms with van der Waals surface area (Å²) in [7, 11) is 1.53. The minimum Gasteiger partial charge on any atom is -0.347 e. The van der Waals surface area contributed by atoms with Crippen molar-refractivity contribution >= 4 is 5.91 Å². The minimum atomic E-state index is -0.227. The molecule has 1 aliphatic heterocycles. The summed E-state index contributed by atoms with van der Waals surface area (Å²) in [5, 5.41) is 10.0. The molecular formula is C11H16N4O2. The summed E-state index contributed by atoms with van der Waals surface area (Å²) in [5.74, 6) is -0.227. The molecule has 0 aliphatic carbocycles. The Morgan fingerprint density at radius 2 is 2.41 bits per heavy atom. The van der Waals surface area contributed by atoms with Gasteiger partial charge in [-0.25, -0.2) is 4.68 Å². The average Bonchev–Trinajstić information content (AvgIpc) is 2.34. The highest BCUT2D eigenvalue weighted by atomic mass is 16.2. The Kier molecular flexibility index (Phi) is 3.53. The first-order valence-electron chi connectivity index (χ1n) is 5.73. The van der Waals surface area contributed by atoms with E-state index in [1.54, 1.807) is 0 Å². The molecule has 6 heteroatoms. The molecule has 0 spiro atoms. The molecule has 0 aromatic carbocycles. The van der Waals surface area contributed by atoms with Gasteiger partial charge in [0, 0.05) is 25.7 Å². The molecule has 1 amide bonds. The SMILES string of the molecule is Cn1nc(C(=O)N[C@H]2CCCNC2)ccc1=O. The smallest absolute Gasteiger partial charge is 0.271 e. The molecule has 0 saturated carbocycles. The monoisotopic (exact) mass is 236 g/mol. The highest BCUT2D eigenvalue weighted by Gasteiger charge is 2.17. The van der Waals surface area contributed by atoms with Crippen LogP contribution >= 0.6 is 0 Å². The fourth-order valence-electron chi connectivity index (χ4n) is 1.86. The van der Waals surface area contributed by atoms with Crippen molar-refractivity contribution in [2.24, 2.45) is 7.05 Å². The van der Waals surface area contributed by atoms with Crippen molar-refractivity contribution in [2.75, 3.05) is 13.1 Å². The van der Waals surface area contributed by atoms with Crippen molar-refractivity contribution < 1.29 is 4.79 Å². The molecule has 17 heavy (non-hydrogen) atoms. The van der Waals surface area contributed by atoms with Crippen LogP contribution in [0.2, 0.25) is 0 Å². The second-order valence-electron chi connectivity index (χ2n) is 4.20. The molecular weight excluding hydrogens is 220 g/mol. The molecule has 1 aliphatic rings. The lowest BCUT2D eigenvalue weighted by Gasteiger charge is -2.23. The van der Waals surface area contributed by atoms with Gasteiger partial charge in [0.2, 0.25) is 0 Å². The summed E-state index contributed by atoms with van der Waals surface area (Å²) in [5.41, 5.74) is 0.0542. The normalized spacial score (nSPS) is 19.9. The summed E-state index contributed by atoms with van der Waals surface area (Å²) < 4.78 is 1.16. The van der Waals surface area contributed by atoms with Crippen LogP contribution < -0.4 is 16.2 Å². The lowest BCUT2D eigenvalue weighted by molar-refractivity contribution is 0.0923. The number of rotatable bonds is 2. The quantitative estimate of drug-likeness (QED) is 0.709. The van der Waals surface area contributed by atoms with Gasteiger partial charge < -0.3 is 10.6 Å². The van der Waals surface area contributed by atoms with Gasteiger partial charge >= 0.3 is 0 Å². The van der Waals surface area contributed by atoms with Crippen molar-refractivity contribution in [2.45, 2.75) is 18.9 Å². The lowest BCUT2D eigenvalue weighted by Crippen LogP contribution is -2.46. The van der Waals surface area contributed by atoms with Crippen LogP contribution in [0.5, 0.6) is 0 Å². The summed E-state index contributed by atoms with van der Waals surface area (Å²) in [6.07, 6.45) is 2.04. The molecule has 92 valence electrons. The zero-order chi connectivity index (χ0) is 12.3. The maximum Gasteiger partial charge on any atom is 0.271 e. The third-order valence-corrected chi connectivity index (χ3v) is 2.83. The van der Waals surface area contributed by atoms with Crippen LogP contribution in [0.25, 0.3) is 0 Å². The van der Waals surface area contributed by atoms with Crippen LogP contribution in [0.4, 0.5) is 0 Å². The van der Waals surface area contributed by atoms with Gasteiger partial charge in [0.15, 0.2) is 0 Å². The molecule has 0 unspecified atom stereocenters. The number of amides is 1. The van der Waals surface area contributed by atoms with Gasteiger partial charge in [-0.1, -0.05) is 0 Å². The summed E-state index contributed by atoms with van der Waals surface area (Å²) in [6, 6.07) is 2.95. The Morgan fingerprint density at radius 1 is 1.59 bits per heavy atom. The number of carbonyl (C=O) groups excluding carboxylic acids is 1. The largest absolute Gasteiger partial charge is 0.347 e. The fourth-order valence-corrected chi connectivity index (χ4v) is 1.86. The van der Waals surface area contributed by atoms with Crippen LogP contribution in [0, 0.1) is 0 Å². The summed E-state index contributed by atoms with van der Waals surface area (Å²) in [4.78, 5) is 23.0. The first kappa shape index (κ1) is 11.8. The summed E-state index contributed by atoms with van der Waals surface area (Å²) >= 11 is 0. The topological polar surface area (TPSA) is 76.0 Å². The maximum atomic E-state index is 11.9. The highest BCUT2D eigenvalue weighted by molar-refractivity contribution is 5.92. The average molecular weight is 236 g/mol. The van der Waals surface area contributed by atoms with Gasteiger partial charge in [-0.15, -0.1) is 0 Å². The molecule has 1 atom stereocenters. The number of piperidine rings is 1. The molecule has 2 rings (SSSR count). The van der Waals surface area contributed by atoms with Crippen molar-refractivity contribution in [3.8, 4) is 0 Å². The van der Waals surface area contributed by atoms with Crippen LogP contribution in [0.15, 0.2) is 16.9 Å². The third-order valence-electron chi connectivity index (χ3n) is 2.83. The van der Waals surface area contributed by atoms with E-state index in [1.165, 1.54) is 19.2 Å². The predicted octanol–water partition coefficient (Wildman–Crippen LogP) is -0.738. The van der Waals surface area contributed by atoms with Crippen LogP contribution in [0.3, 0.4) is 0 Å². The molecule has 2 heterocycles. The molecule has 1 saturated heterocycles. The zero-order valence-corrected chi connectivity index (χ0v) is 9.77. The van der Waals surface area contributed by atoms with E-state index in [4.69, 9.17) is 0 Å². The van der Waals surface area contributed by atoms with Crippen LogP contribution in [-0.4, -0.2) is 34.8 Å². The second-order valence-corrected chi connectivity index (χ2v) is 4.20. The van der Waals surface area contributed by atoms with Gasteiger partial charge in [-0.3, -0.25) is 9.59 Å². The number of hydrogen-bond donors (Lipinski definition) is 2. The fraction of sp³-hybridized carbons (Fsp3) is 0.545. The first-order chi connectivity index (χ1) is 8.16. The van der Waals surface area contributed by atoms with Gasteiger partial charge in [0.25, 0.3) is 11.5 Å². The molecule has 0 radical (unpaired) electrons. The number of aromatic nitrogens is 2. The van der Waals surface area contributed by atoms with Gasteiger partial charge in [-0.05, 0) is 25.5 Å². The molecule has 1 aromatic heterocycles. The number of aryl methyl sites for hydroxylation is 1. The Balaban J connectivity index is 2.03. The van der Waals surface area contributed by atoms with Crippen molar-refractivity contribution in [1.82, 2.24) is 20.4 Å². The molecule has 1 fully saturated rings. The minimum absolute atomic E-state index is 0.148. The number of nitrogens with zero attached hydrogens (tertiary/aromatic N) is 2. The lowest BCUT2D eigenvalue weighted by atomic mass is 10.1. The highest BCUT2D eigenvalue weighted by Crippen LogP contribution is 2.02. The molecule has 6 nitrogen and oxygen atoms in total. The van der Waals surface area contributed by atoms with E-state index in [-0.39, 0.29) is 23.2 Å². The van der Waals surface area contributed by atoms with Crippen molar-refractivity contribution in [3.05, 3.63) is 28.2 Å². The van der Waals surface area contributed by atoms with E-state index >= 15 is 0 Å². The standard InChI is InChI=1S/C11H16N4O2/c1-15-10(16)5-4-9(14-15)11(17)13-8-3-2-6-12-7-8/h4-5,8,12H,2-3,6-7H2,1H3,(H,13,17)/t8-/m0/s1. The van der Waals surface area contributed by atoms with Gasteiger partial charge in [0.1, 0.15) is 5.69 Å². The number of nitrogens with one attached hydrogen (secondary N) is 2. The number of hydrogen-bond acceptors (Lipinski definition) is 4. The molecule has 0 bridgehead atoms. The van der Waals surface area contributed by atoms with E-state index in [0.29, 0.717) is 0 Å². The summed E-state index contributed by atoms with van der Waals surface area (Å²) in [6.45, 7) is 1.79. The van der Waals surface area contributed by atoms with Gasteiger partial charge in [0.05, 0.1) is 0 Å². The zero-order valence-electron chi connectivity index (χ0n) is 9.77. The van der Waals surface area contributed by atoms with E-state index < -0.39 is 0 Å². The second kappa shape index (κ2) is 5.09. The van der Waals surface area contributed by atoms with Crippen molar-refractivity contribution in [1.29, 1.82) is 0 Å². The Hall–Kier alpha value is -1.69. The van der Waals surface area contributed by atoms with E-state index in [9.17, 15) is 9.59 Å². The predicted molar refractivity (Wildman–Crippen MR) is 62.8 cm³/mol. The Labute approximate surface area is 99.0 Å². The van der Waals surface area contributed by atoms with E-state index in [1.807, 2.05) is 0 Å². The van der Waals surface area contributed by atoms with Crippen LogP contribution in [-0.2, 0) is 7.05 Å². The maximum absolute atomic E-state index is 11.9. The van der Waals surface area contributed by atoms with Crippen molar-refractivity contribution in [3.63, 3.8) is 0 Å². The first-order valence-corrected chi connectivity index (χ1v) is 5.73. The van der Waals surface area contributed by atoms with Crippen LogP contribution in [0.1, 0.15) is 23.3 Å². The Bertz CT molecular complexity index is 463. The molecule has 2 N–H and O–H groups in total. The van der Waals surface area contributed by atoms with E-state index in [0.717, 1.165) is 30.6 Å². The number of carbonyl (C=O) groups is 1. The van der Waals surface area contributed by atoms with E-state index in [2.05, 4.69) is 15.7 Å². The van der Waals surface area contributed by atoms with Gasteiger partial charge in [-0.2, -0.15) is 5.10 Å². The third kappa shape index (κ3) is 2.91.